The van der Waals surface area contributed by atoms with E-state index in [1.54, 1.807) is 0 Å². The molecule has 0 fully saturated rings. The Kier molecular flexibility index (Phi) is 6.94. The summed E-state index contributed by atoms with van der Waals surface area (Å²) in [5.74, 6) is 0. The molecule has 0 radical (unpaired) electrons. The monoisotopic (exact) mass is 224 g/mol. The molecular formula is HIO6. The summed E-state index contributed by atoms with van der Waals surface area (Å²) in [4.78, 5) is 0. The Morgan fingerprint density at radius 3 is 2.29 bits per heavy atom. The molecule has 7 heavy (non-hydrogen) atoms. The third-order valence-corrected chi connectivity index (χ3v) is 0.259. The lowest BCUT2D eigenvalue weighted by Gasteiger charge is -1.88. The number of hydrogen-bond donors (Lipinski definition) is 1. The van der Waals surface area contributed by atoms with E-state index < -0.39 is 0 Å². The quantitative estimate of drug-likeness (QED) is 0.325. The van der Waals surface area contributed by atoms with Crippen molar-refractivity contribution in [2.24, 2.45) is 0 Å². The number of hydrogen-bond acceptors (Lipinski definition) is 6. The minimum Gasteiger partial charge on any atom is -0.219 e. The van der Waals surface area contributed by atoms with Gasteiger partial charge < -0.3 is 0 Å². The number of rotatable bonds is 4. The van der Waals surface area contributed by atoms with Crippen molar-refractivity contribution in [2.45, 2.75) is 0 Å². The molecule has 0 rings (SSSR count). The predicted octanol–water partition coefficient (Wildman–Crippen LogP) is 0.552. The summed E-state index contributed by atoms with van der Waals surface area (Å²) in [6.07, 6.45) is 0. The van der Waals surface area contributed by atoms with Gasteiger partial charge in [0.05, 0.1) is 0 Å². The maximum absolute atomic E-state index is 7.31. The molecule has 0 aromatic heterocycles. The molecule has 0 aliphatic rings. The van der Waals surface area contributed by atoms with Gasteiger partial charge in [0.2, 0.25) is 0 Å². The molecular weight excluding hydrogens is 223 g/mol. The van der Waals surface area contributed by atoms with Crippen LogP contribution in [0.3, 0.4) is 0 Å². The van der Waals surface area contributed by atoms with Crippen LogP contribution in [0.4, 0.5) is 0 Å². The van der Waals surface area contributed by atoms with Crippen LogP contribution in [0.5, 0.6) is 0 Å². The summed E-state index contributed by atoms with van der Waals surface area (Å²) in [7, 11) is 0. The average Bonchev–Trinajstić information content (AvgIpc) is 1.69. The van der Waals surface area contributed by atoms with Crippen LogP contribution in [0.25, 0.3) is 0 Å². The summed E-state index contributed by atoms with van der Waals surface area (Å²) in [5, 5.41) is 20.5. The fourth-order valence-corrected chi connectivity index (χ4v) is 0.0942. The first-order valence-corrected chi connectivity index (χ1v) is 1.88. The molecule has 0 aliphatic carbocycles. The third-order valence-electron chi connectivity index (χ3n) is 0.112. The van der Waals surface area contributed by atoms with Gasteiger partial charge in [-0.15, -0.1) is 3.22 Å². The van der Waals surface area contributed by atoms with Gasteiger partial charge in [0.25, 0.3) is 0 Å². The SMILES string of the molecule is OOOOOOI. The summed E-state index contributed by atoms with van der Waals surface area (Å²) in [6, 6.07) is 0. The molecule has 44 valence electrons. The Labute approximate surface area is 52.2 Å². The highest BCUT2D eigenvalue weighted by molar-refractivity contribution is 14.1. The van der Waals surface area contributed by atoms with E-state index in [1.165, 1.54) is 23.0 Å². The van der Waals surface area contributed by atoms with Crippen LogP contribution in [-0.4, -0.2) is 5.26 Å². The molecule has 7 heteroatoms. The molecule has 0 bridgehead atoms. The van der Waals surface area contributed by atoms with Gasteiger partial charge in [0, 0.05) is 0 Å². The van der Waals surface area contributed by atoms with Gasteiger partial charge in [-0.1, -0.05) is 0 Å². The largest absolute Gasteiger partial charge is 0.219 e. The fourth-order valence-electron chi connectivity index (χ4n) is 0.0343. The number of halogens is 1. The molecule has 0 saturated heterocycles. The maximum atomic E-state index is 7.31. The zero-order valence-corrected chi connectivity index (χ0v) is 5.02. The Morgan fingerprint density at radius 2 is 1.86 bits per heavy atom. The third kappa shape index (κ3) is 6.49. The van der Waals surface area contributed by atoms with Crippen LogP contribution in [0.15, 0.2) is 0 Å². The van der Waals surface area contributed by atoms with Crippen molar-refractivity contribution in [2.75, 3.05) is 0 Å². The molecule has 0 spiro atoms. The van der Waals surface area contributed by atoms with E-state index >= 15 is 0 Å². The predicted molar refractivity (Wildman–Crippen MR) is 22.1 cm³/mol. The summed E-state index contributed by atoms with van der Waals surface area (Å²) in [6.45, 7) is 0. The minimum atomic E-state index is 1.36. The van der Waals surface area contributed by atoms with Crippen LogP contribution in [0, 0.1) is 0 Å². The Morgan fingerprint density at radius 1 is 1.14 bits per heavy atom. The van der Waals surface area contributed by atoms with Gasteiger partial charge >= 0.3 is 0 Å². The van der Waals surface area contributed by atoms with Gasteiger partial charge in [0.1, 0.15) is 0 Å². The molecule has 0 saturated carbocycles. The second kappa shape index (κ2) is 6.49. The Balaban J connectivity index is 2.45. The molecule has 0 aliphatic heterocycles. The fraction of sp³-hybridized carbons (Fsp3) is 0. The lowest BCUT2D eigenvalue weighted by atomic mass is 14.2. The molecule has 1 N–H and O–H groups in total. The van der Waals surface area contributed by atoms with Crippen LogP contribution in [-0.2, 0) is 23.4 Å². The topological polar surface area (TPSA) is 66.4 Å². The van der Waals surface area contributed by atoms with Crippen molar-refractivity contribution in [3.63, 3.8) is 0 Å². The normalized spacial score (nSPS) is 9.43. The van der Waals surface area contributed by atoms with Crippen molar-refractivity contribution in [3.8, 4) is 0 Å². The lowest BCUT2D eigenvalue weighted by Crippen LogP contribution is -1.91. The van der Waals surface area contributed by atoms with E-state index in [0.29, 0.717) is 0 Å². The zero-order valence-electron chi connectivity index (χ0n) is 2.87. The van der Waals surface area contributed by atoms with Crippen molar-refractivity contribution in [1.29, 1.82) is 0 Å². The Hall–Kier alpha value is 0.490. The zero-order chi connectivity index (χ0) is 5.54. The van der Waals surface area contributed by atoms with Crippen molar-refractivity contribution >= 4 is 23.0 Å². The smallest absolute Gasteiger partial charge is 0.158 e. The maximum Gasteiger partial charge on any atom is 0.158 e. The van der Waals surface area contributed by atoms with Gasteiger partial charge in [-0.05, 0) is 20.2 Å². The Bertz CT molecular complexity index is 23.4. The van der Waals surface area contributed by atoms with E-state index in [0.717, 1.165) is 0 Å². The van der Waals surface area contributed by atoms with E-state index in [-0.39, 0.29) is 0 Å². The molecule has 0 aromatic rings. The first kappa shape index (κ1) is 7.49. The lowest BCUT2D eigenvalue weighted by molar-refractivity contribution is -0.737. The second-order valence-electron chi connectivity index (χ2n) is 0.342. The van der Waals surface area contributed by atoms with Gasteiger partial charge in [-0.25, -0.2) is 5.26 Å². The van der Waals surface area contributed by atoms with E-state index in [9.17, 15) is 0 Å². The van der Waals surface area contributed by atoms with Gasteiger partial charge in [-0.2, -0.15) is 0 Å². The molecule has 0 aromatic carbocycles. The highest BCUT2D eigenvalue weighted by atomic mass is 127. The van der Waals surface area contributed by atoms with Crippen LogP contribution in [0.1, 0.15) is 0 Å². The van der Waals surface area contributed by atoms with Crippen molar-refractivity contribution in [3.05, 3.63) is 0 Å². The molecule has 0 unspecified atom stereocenters. The van der Waals surface area contributed by atoms with Crippen LogP contribution in [0.2, 0.25) is 0 Å². The highest BCUT2D eigenvalue weighted by Gasteiger charge is 1.82. The van der Waals surface area contributed by atoms with Gasteiger partial charge in [0.15, 0.2) is 23.0 Å². The van der Waals surface area contributed by atoms with Crippen LogP contribution >= 0.6 is 23.0 Å². The van der Waals surface area contributed by atoms with E-state index in [4.69, 9.17) is 5.26 Å². The average molecular weight is 224 g/mol. The second-order valence-corrected chi connectivity index (χ2v) is 0.701. The molecule has 6 nitrogen and oxygen atoms in total. The molecule has 0 heterocycles. The summed E-state index contributed by atoms with van der Waals surface area (Å²) in [5.41, 5.74) is 0. The summed E-state index contributed by atoms with van der Waals surface area (Å²) < 4.78 is 3.78. The standard InChI is InChI=1S/HIO6/c1-3-5-7-6-4-2/h2H. The molecule has 0 atom stereocenters. The summed E-state index contributed by atoms with van der Waals surface area (Å²) >= 11 is 1.36. The highest BCUT2D eigenvalue weighted by Crippen LogP contribution is 1.88. The molecule has 0 amide bonds. The van der Waals surface area contributed by atoms with E-state index in [2.05, 4.69) is 23.4 Å². The van der Waals surface area contributed by atoms with Gasteiger partial charge in [-0.3, -0.25) is 0 Å². The van der Waals surface area contributed by atoms with Crippen molar-refractivity contribution < 1.29 is 28.6 Å². The minimum absolute atomic E-state index is 1.36. The first-order chi connectivity index (χ1) is 3.41. The van der Waals surface area contributed by atoms with Crippen LogP contribution < -0.4 is 0 Å². The van der Waals surface area contributed by atoms with Crippen molar-refractivity contribution in [1.82, 2.24) is 0 Å². The first-order valence-electron chi connectivity index (χ1n) is 1.00. The van der Waals surface area contributed by atoms with E-state index in [1.807, 2.05) is 0 Å².